The Morgan fingerprint density at radius 1 is 1.64 bits per heavy atom. The Labute approximate surface area is 129 Å². The van der Waals surface area contributed by atoms with Crippen LogP contribution in [0.2, 0.25) is 0 Å². The van der Waals surface area contributed by atoms with E-state index >= 15 is 0 Å². The summed E-state index contributed by atoms with van der Waals surface area (Å²) in [5, 5.41) is 18.9. The van der Waals surface area contributed by atoms with Gasteiger partial charge in [0.25, 0.3) is 0 Å². The predicted octanol–water partition coefficient (Wildman–Crippen LogP) is 0.670. The molecular formula is C15H23N3O4. The number of anilines is 1. The summed E-state index contributed by atoms with van der Waals surface area (Å²) in [6.07, 6.45) is 3.54. The molecule has 0 saturated carbocycles. The van der Waals surface area contributed by atoms with Crippen molar-refractivity contribution in [2.75, 3.05) is 12.3 Å². The van der Waals surface area contributed by atoms with Crippen LogP contribution in [-0.2, 0) is 4.74 Å². The predicted molar refractivity (Wildman–Crippen MR) is 83.1 cm³/mol. The minimum absolute atomic E-state index is 0.175. The number of nitrogens with two attached hydrogens (primary N) is 1. The van der Waals surface area contributed by atoms with E-state index < -0.39 is 24.1 Å². The van der Waals surface area contributed by atoms with Gasteiger partial charge in [-0.25, -0.2) is 4.79 Å². The van der Waals surface area contributed by atoms with Crippen molar-refractivity contribution in [1.29, 1.82) is 0 Å². The molecule has 0 radical (unpaired) electrons. The molecule has 1 fully saturated rings. The maximum absolute atomic E-state index is 12.0. The summed E-state index contributed by atoms with van der Waals surface area (Å²) in [5.41, 5.74) is 7.08. The Kier molecular flexibility index (Phi) is 5.33. The van der Waals surface area contributed by atoms with Gasteiger partial charge in [0.2, 0.25) is 0 Å². The molecule has 22 heavy (non-hydrogen) atoms. The van der Waals surface area contributed by atoms with Gasteiger partial charge in [-0.1, -0.05) is 25.0 Å². The number of ether oxygens (including phenoxy) is 1. The van der Waals surface area contributed by atoms with Gasteiger partial charge in [0, 0.05) is 18.2 Å². The summed E-state index contributed by atoms with van der Waals surface area (Å²) in [4.78, 5) is 15.8. The van der Waals surface area contributed by atoms with Crippen LogP contribution < -0.4 is 11.4 Å². The van der Waals surface area contributed by atoms with Crippen molar-refractivity contribution >= 4 is 11.9 Å². The molecule has 7 heteroatoms. The van der Waals surface area contributed by atoms with Crippen LogP contribution in [0.3, 0.4) is 0 Å². The monoisotopic (exact) mass is 309 g/mol. The van der Waals surface area contributed by atoms with Gasteiger partial charge in [-0.2, -0.15) is 4.98 Å². The fraction of sp³-hybridized carbons (Fsp3) is 0.600. The van der Waals surface area contributed by atoms with E-state index in [2.05, 4.69) is 11.9 Å². The molecule has 2 heterocycles. The van der Waals surface area contributed by atoms with Crippen molar-refractivity contribution in [2.45, 2.75) is 51.5 Å². The summed E-state index contributed by atoms with van der Waals surface area (Å²) in [7, 11) is 0. The van der Waals surface area contributed by atoms with E-state index in [0.717, 1.165) is 18.4 Å². The number of aliphatic hydroxyl groups excluding tert-OH is 2. The molecule has 1 aliphatic rings. The fourth-order valence-electron chi connectivity index (χ4n) is 2.60. The zero-order valence-electron chi connectivity index (χ0n) is 12.9. The molecule has 2 rings (SSSR count). The highest BCUT2D eigenvalue weighted by atomic mass is 16.5. The Balaban J connectivity index is 2.33. The molecule has 1 aromatic rings. The lowest BCUT2D eigenvalue weighted by Gasteiger charge is -2.15. The van der Waals surface area contributed by atoms with Crippen LogP contribution in [0, 0.1) is 0 Å². The average Bonchev–Trinajstić information content (AvgIpc) is 2.83. The summed E-state index contributed by atoms with van der Waals surface area (Å²) in [6, 6.07) is 0. The number of allylic oxidation sites excluding steroid dienone is 1. The molecule has 0 aliphatic carbocycles. The average molecular weight is 309 g/mol. The number of nitrogen functional groups attached to an aromatic ring is 1. The number of nitrogens with zero attached hydrogens (tertiary/aromatic N) is 2. The molecule has 4 N–H and O–H groups in total. The number of rotatable bonds is 5. The SMILES string of the molecule is CCCC(C)=Cc1cn([C@H]2CC(O)[C@@H](CO)O2)c(=O)nc1N. The molecule has 7 nitrogen and oxygen atoms in total. The van der Waals surface area contributed by atoms with Gasteiger partial charge in [-0.3, -0.25) is 4.57 Å². The van der Waals surface area contributed by atoms with Crippen molar-refractivity contribution in [3.8, 4) is 0 Å². The standard InChI is InChI=1S/C15H23N3O4/c1-3-4-9(2)5-10-7-18(15(21)17-14(10)16)13-6-11(20)12(8-19)22-13/h5,7,11-13,19-20H,3-4,6,8H2,1-2H3,(H2,16,17,21)/t11?,12-,13-/m1/s1. The highest BCUT2D eigenvalue weighted by Gasteiger charge is 2.35. The first kappa shape index (κ1) is 16.7. The Morgan fingerprint density at radius 2 is 2.36 bits per heavy atom. The fourth-order valence-corrected chi connectivity index (χ4v) is 2.60. The molecule has 1 aromatic heterocycles. The molecule has 0 spiro atoms. The van der Waals surface area contributed by atoms with Crippen molar-refractivity contribution in [1.82, 2.24) is 9.55 Å². The largest absolute Gasteiger partial charge is 0.394 e. The number of hydrogen-bond donors (Lipinski definition) is 3. The highest BCUT2D eigenvalue weighted by Crippen LogP contribution is 2.28. The van der Waals surface area contributed by atoms with E-state index in [1.54, 1.807) is 6.20 Å². The Morgan fingerprint density at radius 3 is 2.95 bits per heavy atom. The molecule has 3 atom stereocenters. The molecular weight excluding hydrogens is 286 g/mol. The third-order valence-electron chi connectivity index (χ3n) is 3.75. The van der Waals surface area contributed by atoms with Crippen LogP contribution in [0.1, 0.15) is 44.9 Å². The second-order valence-electron chi connectivity index (χ2n) is 5.63. The van der Waals surface area contributed by atoms with Crippen LogP contribution >= 0.6 is 0 Å². The first-order chi connectivity index (χ1) is 10.5. The van der Waals surface area contributed by atoms with Crippen LogP contribution in [0.25, 0.3) is 6.08 Å². The molecule has 1 saturated heterocycles. The van der Waals surface area contributed by atoms with E-state index in [4.69, 9.17) is 15.6 Å². The quantitative estimate of drug-likeness (QED) is 0.737. The second-order valence-corrected chi connectivity index (χ2v) is 5.63. The minimum atomic E-state index is -0.805. The number of hydrogen-bond acceptors (Lipinski definition) is 6. The second kappa shape index (κ2) is 7.04. The third-order valence-corrected chi connectivity index (χ3v) is 3.75. The van der Waals surface area contributed by atoms with Crippen molar-refractivity contribution < 1.29 is 14.9 Å². The zero-order valence-corrected chi connectivity index (χ0v) is 12.9. The van der Waals surface area contributed by atoms with E-state index in [1.165, 1.54) is 4.57 Å². The maximum Gasteiger partial charge on any atom is 0.351 e. The molecule has 0 aromatic carbocycles. The third kappa shape index (κ3) is 3.55. The van der Waals surface area contributed by atoms with Gasteiger partial charge in [-0.05, 0) is 13.3 Å². The summed E-state index contributed by atoms with van der Waals surface area (Å²) >= 11 is 0. The summed E-state index contributed by atoms with van der Waals surface area (Å²) < 4.78 is 6.82. The molecule has 0 amide bonds. The summed E-state index contributed by atoms with van der Waals surface area (Å²) in [5.74, 6) is 0.175. The zero-order chi connectivity index (χ0) is 16.3. The minimum Gasteiger partial charge on any atom is -0.394 e. The smallest absolute Gasteiger partial charge is 0.351 e. The van der Waals surface area contributed by atoms with E-state index in [0.29, 0.717) is 5.56 Å². The van der Waals surface area contributed by atoms with Gasteiger partial charge in [0.1, 0.15) is 18.1 Å². The van der Waals surface area contributed by atoms with Crippen molar-refractivity contribution in [3.63, 3.8) is 0 Å². The molecule has 122 valence electrons. The lowest BCUT2D eigenvalue weighted by molar-refractivity contribution is -0.0458. The van der Waals surface area contributed by atoms with E-state index in [-0.39, 0.29) is 18.8 Å². The lowest BCUT2D eigenvalue weighted by atomic mass is 10.1. The number of aliphatic hydroxyl groups is 2. The normalized spacial score (nSPS) is 25.6. The van der Waals surface area contributed by atoms with Crippen LogP contribution in [0.4, 0.5) is 5.82 Å². The Bertz CT molecular complexity index is 611. The van der Waals surface area contributed by atoms with Crippen molar-refractivity contribution in [2.24, 2.45) is 0 Å². The van der Waals surface area contributed by atoms with E-state index in [9.17, 15) is 9.90 Å². The first-order valence-corrected chi connectivity index (χ1v) is 7.46. The van der Waals surface area contributed by atoms with Crippen LogP contribution in [0.15, 0.2) is 16.6 Å². The lowest BCUT2D eigenvalue weighted by Crippen LogP contribution is -2.28. The summed E-state index contributed by atoms with van der Waals surface area (Å²) in [6.45, 7) is 3.79. The van der Waals surface area contributed by atoms with Gasteiger partial charge in [-0.15, -0.1) is 0 Å². The molecule has 1 aliphatic heterocycles. The van der Waals surface area contributed by atoms with E-state index in [1.807, 2.05) is 13.0 Å². The van der Waals surface area contributed by atoms with Crippen molar-refractivity contribution in [3.05, 3.63) is 27.8 Å². The van der Waals surface area contributed by atoms with Gasteiger partial charge >= 0.3 is 5.69 Å². The van der Waals surface area contributed by atoms with Crippen LogP contribution in [-0.4, -0.2) is 38.6 Å². The van der Waals surface area contributed by atoms with Gasteiger partial charge < -0.3 is 20.7 Å². The van der Waals surface area contributed by atoms with Crippen LogP contribution in [0.5, 0.6) is 0 Å². The molecule has 0 bridgehead atoms. The van der Waals surface area contributed by atoms with Gasteiger partial charge in [0.05, 0.1) is 12.7 Å². The highest BCUT2D eigenvalue weighted by molar-refractivity contribution is 5.61. The molecule has 1 unspecified atom stereocenters. The van der Waals surface area contributed by atoms with Gasteiger partial charge in [0.15, 0.2) is 0 Å². The maximum atomic E-state index is 12.0. The number of aromatic nitrogens is 2. The Hall–Kier alpha value is -1.70. The topological polar surface area (TPSA) is 111 Å². The first-order valence-electron chi connectivity index (χ1n) is 7.46.